The third-order valence-corrected chi connectivity index (χ3v) is 3.28. The van der Waals surface area contributed by atoms with E-state index in [0.717, 1.165) is 16.9 Å². The van der Waals surface area contributed by atoms with Gasteiger partial charge in [-0.25, -0.2) is 8.42 Å². The Hall–Kier alpha value is -1.03. The van der Waals surface area contributed by atoms with Crippen LogP contribution in [0, 0.1) is 6.92 Å². The van der Waals surface area contributed by atoms with Crippen LogP contribution in [0.3, 0.4) is 0 Å². The topological polar surface area (TPSA) is 43.4 Å². The number of hydrogen-bond acceptors (Lipinski definition) is 3. The molecule has 1 aromatic carbocycles. The van der Waals surface area contributed by atoms with Gasteiger partial charge in [-0.2, -0.15) is 0 Å². The van der Waals surface area contributed by atoms with Gasteiger partial charge in [0, 0.05) is 5.56 Å². The zero-order chi connectivity index (χ0) is 9.47. The van der Waals surface area contributed by atoms with Crippen LogP contribution in [0.2, 0.25) is 0 Å². The van der Waals surface area contributed by atoms with Crippen molar-refractivity contribution in [3.05, 3.63) is 29.3 Å². The molecule has 0 fully saturated rings. The average Bonchev–Trinajstić information content (AvgIpc) is 2.02. The average molecular weight is 198 g/mol. The molecular weight excluding hydrogens is 188 g/mol. The zero-order valence-corrected chi connectivity index (χ0v) is 8.10. The van der Waals surface area contributed by atoms with Crippen molar-refractivity contribution in [2.75, 3.05) is 5.94 Å². The maximum Gasteiger partial charge on any atom is 0.189 e. The largest absolute Gasteiger partial charge is 0.477 e. The van der Waals surface area contributed by atoms with E-state index in [-0.39, 0.29) is 11.7 Å². The van der Waals surface area contributed by atoms with Crippen molar-refractivity contribution in [1.82, 2.24) is 0 Å². The number of ether oxygens (including phenoxy) is 1. The van der Waals surface area contributed by atoms with Crippen LogP contribution in [0.5, 0.6) is 5.75 Å². The minimum Gasteiger partial charge on any atom is -0.477 e. The van der Waals surface area contributed by atoms with E-state index in [4.69, 9.17) is 4.74 Å². The van der Waals surface area contributed by atoms with E-state index < -0.39 is 9.84 Å². The summed E-state index contributed by atoms with van der Waals surface area (Å²) < 4.78 is 27.6. The Morgan fingerprint density at radius 3 is 2.92 bits per heavy atom. The van der Waals surface area contributed by atoms with Crippen molar-refractivity contribution in [1.29, 1.82) is 0 Å². The third-order valence-electron chi connectivity index (χ3n) is 2.05. The lowest BCUT2D eigenvalue weighted by molar-refractivity contribution is 0.362. The van der Waals surface area contributed by atoms with Gasteiger partial charge in [0.05, 0.1) is 5.75 Å². The number of para-hydroxylation sites is 1. The molecule has 0 atom stereocenters. The van der Waals surface area contributed by atoms with Crippen LogP contribution in [0.4, 0.5) is 0 Å². The molecule has 0 amide bonds. The van der Waals surface area contributed by atoms with Gasteiger partial charge in [0.25, 0.3) is 0 Å². The molecule has 13 heavy (non-hydrogen) atoms. The molecule has 0 unspecified atom stereocenters. The van der Waals surface area contributed by atoms with Gasteiger partial charge in [-0.05, 0) is 12.5 Å². The fourth-order valence-corrected chi connectivity index (χ4v) is 2.54. The summed E-state index contributed by atoms with van der Waals surface area (Å²) in [6.45, 7) is 1.91. The predicted octanol–water partition coefficient (Wildman–Crippen LogP) is 1.26. The number of sulfone groups is 1. The molecule has 0 saturated carbocycles. The van der Waals surface area contributed by atoms with Crippen LogP contribution in [0.1, 0.15) is 11.1 Å². The summed E-state index contributed by atoms with van der Waals surface area (Å²) >= 11 is 0. The van der Waals surface area contributed by atoms with Crippen molar-refractivity contribution in [3.63, 3.8) is 0 Å². The second kappa shape index (κ2) is 2.73. The van der Waals surface area contributed by atoms with Gasteiger partial charge in [0.1, 0.15) is 5.75 Å². The first-order chi connectivity index (χ1) is 6.08. The summed E-state index contributed by atoms with van der Waals surface area (Å²) in [4.78, 5) is 0. The maximum atomic E-state index is 11.2. The molecular formula is C9H10O3S. The Morgan fingerprint density at radius 1 is 1.38 bits per heavy atom. The molecule has 0 aromatic heterocycles. The molecule has 70 valence electrons. The molecule has 0 aliphatic carbocycles. The summed E-state index contributed by atoms with van der Waals surface area (Å²) in [6, 6.07) is 5.55. The second-order valence-corrected chi connectivity index (χ2v) is 5.22. The molecule has 1 aliphatic heterocycles. The van der Waals surface area contributed by atoms with Crippen molar-refractivity contribution < 1.29 is 13.2 Å². The van der Waals surface area contributed by atoms with Gasteiger partial charge in [0.15, 0.2) is 15.8 Å². The summed E-state index contributed by atoms with van der Waals surface area (Å²) in [5.74, 6) is 0.645. The van der Waals surface area contributed by atoms with E-state index in [0.29, 0.717) is 0 Å². The normalized spacial score (nSPS) is 18.8. The highest BCUT2D eigenvalue weighted by molar-refractivity contribution is 7.90. The lowest BCUT2D eigenvalue weighted by Gasteiger charge is -2.18. The first-order valence-corrected chi connectivity index (χ1v) is 5.82. The van der Waals surface area contributed by atoms with Gasteiger partial charge in [0.2, 0.25) is 0 Å². The Balaban J connectivity index is 2.54. The van der Waals surface area contributed by atoms with E-state index >= 15 is 0 Å². The van der Waals surface area contributed by atoms with Gasteiger partial charge >= 0.3 is 0 Å². The van der Waals surface area contributed by atoms with Crippen molar-refractivity contribution in [3.8, 4) is 5.75 Å². The molecule has 2 rings (SSSR count). The first kappa shape index (κ1) is 8.56. The lowest BCUT2D eigenvalue weighted by Crippen LogP contribution is -2.20. The SMILES string of the molecule is Cc1cccc2c1OCS(=O)(=O)C2. The minimum absolute atomic E-state index is 0.101. The van der Waals surface area contributed by atoms with Crippen molar-refractivity contribution in [2.24, 2.45) is 0 Å². The summed E-state index contributed by atoms with van der Waals surface area (Å²) in [5.41, 5.74) is 1.76. The molecule has 1 aromatic rings. The lowest BCUT2D eigenvalue weighted by atomic mass is 10.1. The van der Waals surface area contributed by atoms with E-state index in [1.807, 2.05) is 19.1 Å². The summed E-state index contributed by atoms with van der Waals surface area (Å²) in [6.07, 6.45) is 0. The first-order valence-electron chi connectivity index (χ1n) is 4.00. The van der Waals surface area contributed by atoms with Crippen LogP contribution >= 0.6 is 0 Å². The molecule has 4 heteroatoms. The van der Waals surface area contributed by atoms with Crippen LogP contribution in [-0.4, -0.2) is 14.4 Å². The summed E-state index contributed by atoms with van der Waals surface area (Å²) in [7, 11) is -3.04. The van der Waals surface area contributed by atoms with Gasteiger partial charge in [-0.15, -0.1) is 0 Å². The molecule has 0 saturated heterocycles. The van der Waals surface area contributed by atoms with Gasteiger partial charge < -0.3 is 4.74 Å². The Kier molecular flexibility index (Phi) is 1.80. The summed E-state index contributed by atoms with van der Waals surface area (Å²) in [5, 5.41) is 0. The van der Waals surface area contributed by atoms with E-state index in [2.05, 4.69) is 0 Å². The van der Waals surface area contributed by atoms with Crippen molar-refractivity contribution in [2.45, 2.75) is 12.7 Å². The number of aryl methyl sites for hydroxylation is 1. The van der Waals surface area contributed by atoms with E-state index in [9.17, 15) is 8.42 Å². The zero-order valence-electron chi connectivity index (χ0n) is 7.28. The third kappa shape index (κ3) is 1.54. The number of rotatable bonds is 0. The standard InChI is InChI=1S/C9H10O3S/c1-7-3-2-4-8-5-13(10,11)6-12-9(7)8/h2-4H,5-6H2,1H3. The highest BCUT2D eigenvalue weighted by Gasteiger charge is 2.22. The Bertz CT molecular complexity index is 434. The maximum absolute atomic E-state index is 11.2. The molecule has 0 radical (unpaired) electrons. The highest BCUT2D eigenvalue weighted by atomic mass is 32.2. The Morgan fingerprint density at radius 2 is 2.15 bits per heavy atom. The highest BCUT2D eigenvalue weighted by Crippen LogP contribution is 2.29. The molecule has 0 spiro atoms. The fourth-order valence-electron chi connectivity index (χ4n) is 1.46. The van der Waals surface area contributed by atoms with Crippen LogP contribution in [0.25, 0.3) is 0 Å². The van der Waals surface area contributed by atoms with Crippen molar-refractivity contribution >= 4 is 9.84 Å². The number of hydrogen-bond donors (Lipinski definition) is 0. The molecule has 0 N–H and O–H groups in total. The van der Waals surface area contributed by atoms with Crippen LogP contribution in [0.15, 0.2) is 18.2 Å². The van der Waals surface area contributed by atoms with Crippen LogP contribution in [-0.2, 0) is 15.6 Å². The number of benzene rings is 1. The smallest absolute Gasteiger partial charge is 0.189 e. The molecule has 3 nitrogen and oxygen atoms in total. The van der Waals surface area contributed by atoms with E-state index in [1.165, 1.54) is 0 Å². The molecule has 1 heterocycles. The Labute approximate surface area is 77.3 Å². The quantitative estimate of drug-likeness (QED) is 0.630. The number of fused-ring (bicyclic) bond motifs is 1. The molecule has 0 bridgehead atoms. The predicted molar refractivity (Wildman–Crippen MR) is 49.3 cm³/mol. The van der Waals surface area contributed by atoms with Gasteiger partial charge in [-0.1, -0.05) is 18.2 Å². The molecule has 1 aliphatic rings. The second-order valence-electron chi connectivity index (χ2n) is 3.21. The van der Waals surface area contributed by atoms with E-state index in [1.54, 1.807) is 6.07 Å². The monoisotopic (exact) mass is 198 g/mol. The van der Waals surface area contributed by atoms with Gasteiger partial charge in [-0.3, -0.25) is 0 Å². The van der Waals surface area contributed by atoms with Crippen LogP contribution < -0.4 is 4.74 Å². The fraction of sp³-hybridized carbons (Fsp3) is 0.333. The minimum atomic E-state index is -3.04.